The Balaban J connectivity index is 1.91. The molecule has 4 heteroatoms. The highest BCUT2D eigenvalue weighted by Crippen LogP contribution is 2.38. The fraction of sp³-hybridized carbons (Fsp3) is 0.647. The van der Waals surface area contributed by atoms with Crippen molar-refractivity contribution in [2.75, 3.05) is 6.61 Å². The maximum Gasteiger partial charge on any atom is 0.421 e. The van der Waals surface area contributed by atoms with Crippen molar-refractivity contribution >= 4 is 0 Å². The third-order valence-corrected chi connectivity index (χ3v) is 4.35. The fourth-order valence-corrected chi connectivity index (χ4v) is 3.21. The van der Waals surface area contributed by atoms with Gasteiger partial charge in [-0.15, -0.1) is 0 Å². The summed E-state index contributed by atoms with van der Waals surface area (Å²) >= 11 is 0. The van der Waals surface area contributed by atoms with Gasteiger partial charge in [-0.3, -0.25) is 0 Å². The maximum atomic E-state index is 12.9. The summed E-state index contributed by atoms with van der Waals surface area (Å²) < 4.78 is 30.3. The van der Waals surface area contributed by atoms with Gasteiger partial charge >= 0.3 is 6.11 Å². The minimum absolute atomic E-state index is 0.0949. The van der Waals surface area contributed by atoms with Crippen LogP contribution in [-0.2, 0) is 0 Å². The highest BCUT2D eigenvalue weighted by atomic mass is 19.3. The van der Waals surface area contributed by atoms with Crippen LogP contribution in [0.25, 0.3) is 0 Å². The van der Waals surface area contributed by atoms with E-state index in [4.69, 9.17) is 5.11 Å². The summed E-state index contributed by atoms with van der Waals surface area (Å²) in [6, 6.07) is 6.87. The molecule has 1 saturated carbocycles. The second-order valence-electron chi connectivity index (χ2n) is 5.97. The van der Waals surface area contributed by atoms with Gasteiger partial charge in [0.2, 0.25) is 0 Å². The Morgan fingerprint density at radius 1 is 1.14 bits per heavy atom. The number of hydrogen-bond donors (Lipinski definition) is 1. The summed E-state index contributed by atoms with van der Waals surface area (Å²) in [5.41, 5.74) is 1.20. The average Bonchev–Trinajstić information content (AvgIpc) is 2.49. The van der Waals surface area contributed by atoms with Crippen LogP contribution in [-0.4, -0.2) is 17.8 Å². The van der Waals surface area contributed by atoms with Gasteiger partial charge in [0.05, 0.1) is 0 Å². The summed E-state index contributed by atoms with van der Waals surface area (Å²) in [6.07, 6.45) is 3.93. The lowest BCUT2D eigenvalue weighted by Crippen LogP contribution is -2.29. The number of aliphatic hydroxyl groups excluding tert-OH is 1. The van der Waals surface area contributed by atoms with Crippen molar-refractivity contribution in [3.8, 4) is 5.75 Å². The highest BCUT2D eigenvalue weighted by Gasteiger charge is 2.30. The van der Waals surface area contributed by atoms with E-state index >= 15 is 0 Å². The van der Waals surface area contributed by atoms with E-state index in [0.29, 0.717) is 5.92 Å². The molecule has 1 aromatic carbocycles. The summed E-state index contributed by atoms with van der Waals surface area (Å²) in [5.74, 6) is 1.49. The van der Waals surface area contributed by atoms with Crippen LogP contribution in [0.5, 0.6) is 5.75 Å². The van der Waals surface area contributed by atoms with Crippen molar-refractivity contribution in [2.24, 2.45) is 5.92 Å². The predicted molar refractivity (Wildman–Crippen MR) is 78.7 cm³/mol. The van der Waals surface area contributed by atoms with Crippen LogP contribution in [0.4, 0.5) is 8.78 Å². The molecule has 2 rings (SSSR count). The Morgan fingerprint density at radius 2 is 1.76 bits per heavy atom. The molecule has 0 saturated heterocycles. The van der Waals surface area contributed by atoms with Gasteiger partial charge in [-0.05, 0) is 55.2 Å². The molecule has 0 spiro atoms. The first-order valence-corrected chi connectivity index (χ1v) is 7.81. The zero-order chi connectivity index (χ0) is 15.3. The molecule has 1 aliphatic carbocycles. The monoisotopic (exact) mass is 298 g/mol. The van der Waals surface area contributed by atoms with Gasteiger partial charge in [0.25, 0.3) is 0 Å². The van der Waals surface area contributed by atoms with E-state index in [0.717, 1.165) is 5.92 Å². The first-order chi connectivity index (χ1) is 10.0. The molecule has 0 radical (unpaired) electrons. The van der Waals surface area contributed by atoms with E-state index in [-0.39, 0.29) is 5.75 Å². The molecule has 0 aromatic heterocycles. The van der Waals surface area contributed by atoms with Crippen LogP contribution < -0.4 is 4.74 Å². The quantitative estimate of drug-likeness (QED) is 0.823. The molecule has 21 heavy (non-hydrogen) atoms. The second-order valence-corrected chi connectivity index (χ2v) is 5.97. The number of hydrogen-bond acceptors (Lipinski definition) is 2. The van der Waals surface area contributed by atoms with E-state index in [1.807, 2.05) is 12.1 Å². The number of halogens is 2. The summed E-state index contributed by atoms with van der Waals surface area (Å²) in [7, 11) is 0. The van der Waals surface area contributed by atoms with Gasteiger partial charge in [-0.25, -0.2) is 0 Å². The molecule has 0 amide bonds. The lowest BCUT2D eigenvalue weighted by molar-refractivity contribution is -0.200. The topological polar surface area (TPSA) is 29.5 Å². The molecule has 0 unspecified atom stereocenters. The van der Waals surface area contributed by atoms with Crippen molar-refractivity contribution < 1.29 is 18.6 Å². The number of ether oxygens (including phenoxy) is 1. The minimum atomic E-state index is -3.51. The molecule has 118 valence electrons. The van der Waals surface area contributed by atoms with Crippen molar-refractivity contribution in [1.82, 2.24) is 0 Å². The van der Waals surface area contributed by atoms with Crippen molar-refractivity contribution in [1.29, 1.82) is 0 Å². The van der Waals surface area contributed by atoms with Crippen LogP contribution in [0.1, 0.15) is 56.9 Å². The third kappa shape index (κ3) is 4.67. The molecule has 1 fully saturated rings. The second kappa shape index (κ2) is 7.21. The van der Waals surface area contributed by atoms with Crippen molar-refractivity contribution in [3.05, 3.63) is 29.8 Å². The SMILES string of the molecule is CCCC1CCC(c2ccc(OC(F)(F)CO)cc2)CC1. The first kappa shape index (κ1) is 16.2. The molecule has 1 aliphatic rings. The lowest BCUT2D eigenvalue weighted by atomic mass is 9.77. The predicted octanol–water partition coefficient (Wildman–Crippen LogP) is 4.72. The maximum absolute atomic E-state index is 12.9. The van der Waals surface area contributed by atoms with Crippen LogP contribution in [0.2, 0.25) is 0 Å². The van der Waals surface area contributed by atoms with Crippen LogP contribution in [0, 0.1) is 5.92 Å². The Morgan fingerprint density at radius 3 is 2.29 bits per heavy atom. The molecule has 2 nitrogen and oxygen atoms in total. The smallest absolute Gasteiger partial charge is 0.421 e. The molecule has 0 atom stereocenters. The molecular weight excluding hydrogens is 274 g/mol. The summed E-state index contributed by atoms with van der Waals surface area (Å²) in [5, 5.41) is 8.51. The molecular formula is C17H24F2O2. The molecule has 1 N–H and O–H groups in total. The fourth-order valence-electron chi connectivity index (χ4n) is 3.21. The average molecular weight is 298 g/mol. The Hall–Kier alpha value is -1.16. The Labute approximate surface area is 125 Å². The normalized spacial score (nSPS) is 23.0. The molecule has 0 bridgehead atoms. The van der Waals surface area contributed by atoms with E-state index in [2.05, 4.69) is 11.7 Å². The zero-order valence-electron chi connectivity index (χ0n) is 12.5. The van der Waals surface area contributed by atoms with Gasteiger partial charge in [-0.2, -0.15) is 8.78 Å². The van der Waals surface area contributed by atoms with E-state index in [1.54, 1.807) is 12.1 Å². The molecule has 0 heterocycles. The first-order valence-electron chi connectivity index (χ1n) is 7.81. The van der Waals surface area contributed by atoms with Crippen molar-refractivity contribution in [2.45, 2.75) is 57.5 Å². The summed E-state index contributed by atoms with van der Waals surface area (Å²) in [4.78, 5) is 0. The van der Waals surface area contributed by atoms with E-state index in [9.17, 15) is 8.78 Å². The van der Waals surface area contributed by atoms with Crippen molar-refractivity contribution in [3.63, 3.8) is 0 Å². The van der Waals surface area contributed by atoms with Gasteiger partial charge in [-0.1, -0.05) is 31.9 Å². The van der Waals surface area contributed by atoms with E-state index in [1.165, 1.54) is 44.1 Å². The molecule has 1 aromatic rings. The number of alkyl halides is 2. The highest BCUT2D eigenvalue weighted by molar-refractivity contribution is 5.30. The van der Waals surface area contributed by atoms with Crippen LogP contribution in [0.3, 0.4) is 0 Å². The van der Waals surface area contributed by atoms with Crippen LogP contribution >= 0.6 is 0 Å². The van der Waals surface area contributed by atoms with Gasteiger partial charge in [0, 0.05) is 0 Å². The Bertz CT molecular complexity index is 423. The lowest BCUT2D eigenvalue weighted by Gasteiger charge is -2.28. The largest absolute Gasteiger partial charge is 0.431 e. The van der Waals surface area contributed by atoms with Crippen LogP contribution in [0.15, 0.2) is 24.3 Å². The van der Waals surface area contributed by atoms with E-state index < -0.39 is 12.7 Å². The molecule has 0 aliphatic heterocycles. The van der Waals surface area contributed by atoms with Gasteiger partial charge < -0.3 is 9.84 Å². The zero-order valence-corrected chi connectivity index (χ0v) is 12.5. The number of aliphatic hydroxyl groups is 1. The number of benzene rings is 1. The standard InChI is InChI=1S/C17H24F2O2/c1-2-3-13-4-6-14(7-5-13)15-8-10-16(11-9-15)21-17(18,19)12-20/h8-11,13-14,20H,2-7,12H2,1H3. The third-order valence-electron chi connectivity index (χ3n) is 4.35. The Kier molecular flexibility index (Phi) is 5.57. The van der Waals surface area contributed by atoms with Gasteiger partial charge in [0.15, 0.2) is 0 Å². The minimum Gasteiger partial charge on any atom is -0.431 e. The number of rotatable bonds is 6. The van der Waals surface area contributed by atoms with Gasteiger partial charge in [0.1, 0.15) is 12.4 Å². The summed E-state index contributed by atoms with van der Waals surface area (Å²) in [6.45, 7) is 0.920.